The van der Waals surface area contributed by atoms with Crippen LogP contribution >= 0.6 is 11.3 Å². The summed E-state index contributed by atoms with van der Waals surface area (Å²) >= 11 is 1.64. The van der Waals surface area contributed by atoms with Crippen LogP contribution in [0.25, 0.3) is 10.6 Å². The number of hydrogen-bond acceptors (Lipinski definition) is 7. The molecule has 9 heteroatoms. The predicted molar refractivity (Wildman–Crippen MR) is 126 cm³/mol. The molecule has 2 heterocycles. The van der Waals surface area contributed by atoms with Crippen LogP contribution in [0.2, 0.25) is 0 Å². The first-order chi connectivity index (χ1) is 15.5. The van der Waals surface area contributed by atoms with Gasteiger partial charge < -0.3 is 10.2 Å². The Morgan fingerprint density at radius 2 is 1.91 bits per heavy atom. The van der Waals surface area contributed by atoms with Crippen molar-refractivity contribution in [3.8, 4) is 10.6 Å². The highest BCUT2D eigenvalue weighted by atomic mass is 32.1. The van der Waals surface area contributed by atoms with Gasteiger partial charge in [0.05, 0.1) is 10.6 Å². The molecule has 3 aromatic rings. The largest absolute Gasteiger partial charge is 0.380 e. The van der Waals surface area contributed by atoms with Gasteiger partial charge in [-0.25, -0.2) is 4.98 Å². The van der Waals surface area contributed by atoms with Crippen LogP contribution < -0.4 is 5.32 Å². The molecule has 0 spiro atoms. The Kier molecular flexibility index (Phi) is 6.77. The molecule has 8 nitrogen and oxygen atoms in total. The number of amides is 1. The van der Waals surface area contributed by atoms with E-state index in [-0.39, 0.29) is 11.6 Å². The standard InChI is InChI=1S/C23H25N5O3S/c1-2-24-20-9-8-18(14-21(20)28(30)31)23(29)27-12-10-26(11-13-27)15-19-16-32-22(25-19)17-6-4-3-5-7-17/h3-9,14,16,24H,2,10-13,15H2,1H3. The second-order valence-electron chi connectivity index (χ2n) is 7.60. The van der Waals surface area contributed by atoms with Crippen molar-refractivity contribution < 1.29 is 9.72 Å². The lowest BCUT2D eigenvalue weighted by Gasteiger charge is -2.34. The molecule has 0 atom stereocenters. The van der Waals surface area contributed by atoms with Crippen LogP contribution in [0.4, 0.5) is 11.4 Å². The van der Waals surface area contributed by atoms with Gasteiger partial charge in [-0.05, 0) is 19.1 Å². The van der Waals surface area contributed by atoms with Crippen LogP contribution in [-0.4, -0.2) is 58.3 Å². The molecule has 1 aliphatic heterocycles. The summed E-state index contributed by atoms with van der Waals surface area (Å²) in [6, 6.07) is 14.8. The summed E-state index contributed by atoms with van der Waals surface area (Å²) in [5.74, 6) is -0.171. The minimum atomic E-state index is -0.454. The number of rotatable bonds is 7. The first-order valence-corrected chi connectivity index (χ1v) is 11.5. The van der Waals surface area contributed by atoms with E-state index in [1.54, 1.807) is 28.4 Å². The quantitative estimate of drug-likeness (QED) is 0.429. The van der Waals surface area contributed by atoms with Crippen molar-refractivity contribution in [2.75, 3.05) is 38.0 Å². The van der Waals surface area contributed by atoms with Gasteiger partial charge in [0.1, 0.15) is 10.7 Å². The summed E-state index contributed by atoms with van der Waals surface area (Å²) in [6.07, 6.45) is 0. The van der Waals surface area contributed by atoms with E-state index in [4.69, 9.17) is 4.98 Å². The average Bonchev–Trinajstić information content (AvgIpc) is 3.28. The zero-order valence-corrected chi connectivity index (χ0v) is 18.7. The van der Waals surface area contributed by atoms with E-state index < -0.39 is 4.92 Å². The Labute approximate surface area is 190 Å². The summed E-state index contributed by atoms with van der Waals surface area (Å²) < 4.78 is 0. The van der Waals surface area contributed by atoms with Crippen LogP contribution in [0.15, 0.2) is 53.9 Å². The van der Waals surface area contributed by atoms with Crippen molar-refractivity contribution in [3.05, 3.63) is 75.3 Å². The van der Waals surface area contributed by atoms with Gasteiger partial charge in [0.2, 0.25) is 0 Å². The summed E-state index contributed by atoms with van der Waals surface area (Å²) in [7, 11) is 0. The number of thiazole rings is 1. The van der Waals surface area contributed by atoms with Crippen LogP contribution in [0.5, 0.6) is 0 Å². The Hall–Kier alpha value is -3.30. The molecule has 1 saturated heterocycles. The maximum atomic E-state index is 12.9. The van der Waals surface area contributed by atoms with Crippen molar-refractivity contribution in [3.63, 3.8) is 0 Å². The van der Waals surface area contributed by atoms with Crippen LogP contribution in [-0.2, 0) is 6.54 Å². The third-order valence-corrected chi connectivity index (χ3v) is 6.37. The fourth-order valence-corrected chi connectivity index (χ4v) is 4.59. The first kappa shape index (κ1) is 21.9. The van der Waals surface area contributed by atoms with Crippen molar-refractivity contribution >= 4 is 28.6 Å². The number of benzene rings is 2. The highest BCUT2D eigenvalue weighted by molar-refractivity contribution is 7.13. The molecule has 32 heavy (non-hydrogen) atoms. The maximum absolute atomic E-state index is 12.9. The monoisotopic (exact) mass is 451 g/mol. The number of nitrogens with zero attached hydrogens (tertiary/aromatic N) is 4. The fraction of sp³-hybridized carbons (Fsp3) is 0.304. The zero-order chi connectivity index (χ0) is 22.5. The first-order valence-electron chi connectivity index (χ1n) is 10.6. The molecule has 1 N–H and O–H groups in total. The SMILES string of the molecule is CCNc1ccc(C(=O)N2CCN(Cc3csc(-c4ccccc4)n3)CC2)cc1[N+](=O)[O-]. The summed E-state index contributed by atoms with van der Waals surface area (Å²) in [4.78, 5) is 32.7. The highest BCUT2D eigenvalue weighted by Gasteiger charge is 2.25. The molecule has 1 aliphatic rings. The van der Waals surface area contributed by atoms with Gasteiger partial charge in [0, 0.05) is 61.8 Å². The van der Waals surface area contributed by atoms with Gasteiger partial charge in [0.25, 0.3) is 11.6 Å². The summed E-state index contributed by atoms with van der Waals surface area (Å²) in [5.41, 5.74) is 2.85. The molecule has 166 valence electrons. The molecule has 0 unspecified atom stereocenters. The van der Waals surface area contributed by atoms with Gasteiger partial charge in [-0.15, -0.1) is 11.3 Å². The van der Waals surface area contributed by atoms with Crippen molar-refractivity contribution in [1.29, 1.82) is 0 Å². The third kappa shape index (κ3) is 4.95. The lowest BCUT2D eigenvalue weighted by molar-refractivity contribution is -0.384. The topological polar surface area (TPSA) is 91.6 Å². The second-order valence-corrected chi connectivity index (χ2v) is 8.46. The number of nitrogens with one attached hydrogen (secondary N) is 1. The molecule has 2 aromatic carbocycles. The Bertz CT molecular complexity index is 1090. The Morgan fingerprint density at radius 3 is 2.59 bits per heavy atom. The number of aromatic nitrogens is 1. The predicted octanol–water partition coefficient (Wildman–Crippen LogP) is 4.11. The number of hydrogen-bond donors (Lipinski definition) is 1. The van der Waals surface area contributed by atoms with Crippen molar-refractivity contribution in [2.45, 2.75) is 13.5 Å². The van der Waals surface area contributed by atoms with Crippen LogP contribution in [0.3, 0.4) is 0 Å². The van der Waals surface area contributed by atoms with Crippen LogP contribution in [0.1, 0.15) is 23.0 Å². The van der Waals surface area contributed by atoms with Gasteiger partial charge in [-0.3, -0.25) is 19.8 Å². The van der Waals surface area contributed by atoms with Gasteiger partial charge in [-0.2, -0.15) is 0 Å². The summed E-state index contributed by atoms with van der Waals surface area (Å²) in [5, 5.41) is 17.5. The maximum Gasteiger partial charge on any atom is 0.293 e. The molecule has 0 bridgehead atoms. The molecule has 0 saturated carbocycles. The molecule has 4 rings (SSSR count). The van der Waals surface area contributed by atoms with E-state index in [1.165, 1.54) is 6.07 Å². The molecule has 0 aliphatic carbocycles. The third-order valence-electron chi connectivity index (χ3n) is 5.43. The zero-order valence-electron chi connectivity index (χ0n) is 17.9. The van der Waals surface area contributed by atoms with E-state index >= 15 is 0 Å². The molecule has 0 radical (unpaired) electrons. The van der Waals surface area contributed by atoms with Crippen molar-refractivity contribution in [2.24, 2.45) is 0 Å². The minimum Gasteiger partial charge on any atom is -0.380 e. The molecule has 1 aromatic heterocycles. The number of carbonyl (C=O) groups excluding carboxylic acids is 1. The molecule has 1 fully saturated rings. The normalized spacial score (nSPS) is 14.3. The van der Waals surface area contributed by atoms with E-state index in [1.807, 2.05) is 25.1 Å². The van der Waals surface area contributed by atoms with Gasteiger partial charge in [-0.1, -0.05) is 30.3 Å². The number of piperazine rings is 1. The van der Waals surface area contributed by atoms with Crippen molar-refractivity contribution in [1.82, 2.24) is 14.8 Å². The van der Waals surface area contributed by atoms with E-state index in [0.717, 1.165) is 35.9 Å². The van der Waals surface area contributed by atoms with Gasteiger partial charge in [0.15, 0.2) is 0 Å². The number of carbonyl (C=O) groups is 1. The van der Waals surface area contributed by atoms with E-state index in [2.05, 4.69) is 27.7 Å². The lowest BCUT2D eigenvalue weighted by Crippen LogP contribution is -2.48. The number of nitro groups is 1. The van der Waals surface area contributed by atoms with Gasteiger partial charge >= 0.3 is 0 Å². The average molecular weight is 452 g/mol. The smallest absolute Gasteiger partial charge is 0.293 e. The molecular formula is C23H25N5O3S. The minimum absolute atomic E-state index is 0.0749. The fourth-order valence-electron chi connectivity index (χ4n) is 3.77. The summed E-state index contributed by atoms with van der Waals surface area (Å²) in [6.45, 7) is 5.82. The van der Waals surface area contributed by atoms with E-state index in [0.29, 0.717) is 30.9 Å². The number of nitro benzene ring substituents is 1. The second kappa shape index (κ2) is 9.88. The molecule has 1 amide bonds. The van der Waals surface area contributed by atoms with Crippen LogP contribution in [0, 0.1) is 10.1 Å². The Balaban J connectivity index is 1.36. The highest BCUT2D eigenvalue weighted by Crippen LogP contribution is 2.27. The number of anilines is 1. The Morgan fingerprint density at radius 1 is 1.16 bits per heavy atom. The lowest BCUT2D eigenvalue weighted by atomic mass is 10.1. The molecular weight excluding hydrogens is 426 g/mol. The van der Waals surface area contributed by atoms with E-state index in [9.17, 15) is 14.9 Å².